The number of nitrogens with one attached hydrogen (secondary N) is 2. The highest BCUT2D eigenvalue weighted by molar-refractivity contribution is 6.00. The predicted molar refractivity (Wildman–Crippen MR) is 102 cm³/mol. The van der Waals surface area contributed by atoms with Crippen molar-refractivity contribution in [3.8, 4) is 0 Å². The third-order valence-electron chi connectivity index (χ3n) is 4.59. The van der Waals surface area contributed by atoms with Gasteiger partial charge in [-0.15, -0.1) is 0 Å². The second-order valence-corrected chi connectivity index (χ2v) is 6.63. The third kappa shape index (κ3) is 4.97. The largest absolute Gasteiger partial charge is 0.461 e. The third-order valence-corrected chi connectivity index (χ3v) is 4.59. The monoisotopic (exact) mass is 384 g/mol. The summed E-state index contributed by atoms with van der Waals surface area (Å²) in [5, 5.41) is 2.67. The number of ether oxygens (including phenoxy) is 1. The first-order valence-electron chi connectivity index (χ1n) is 9.41. The van der Waals surface area contributed by atoms with Crippen LogP contribution in [0.2, 0.25) is 0 Å². The van der Waals surface area contributed by atoms with Gasteiger partial charge in [0, 0.05) is 18.7 Å². The first kappa shape index (κ1) is 19.6. The molecule has 0 spiro atoms. The molecule has 1 atom stereocenters. The van der Waals surface area contributed by atoms with Crippen LogP contribution in [-0.4, -0.2) is 40.3 Å². The number of aryl methyl sites for hydroxylation is 1. The average molecular weight is 384 g/mol. The van der Waals surface area contributed by atoms with E-state index in [1.54, 1.807) is 6.20 Å². The van der Waals surface area contributed by atoms with E-state index in [-0.39, 0.29) is 31.4 Å². The summed E-state index contributed by atoms with van der Waals surface area (Å²) in [6.45, 7) is 2.28. The molecule has 0 aliphatic carbocycles. The molecule has 2 aromatic rings. The predicted octanol–water partition coefficient (Wildman–Crippen LogP) is 1.72. The molecule has 1 fully saturated rings. The number of hydrogen-bond acceptors (Lipinski definition) is 5. The summed E-state index contributed by atoms with van der Waals surface area (Å²) in [5.41, 5.74) is 1.78. The van der Waals surface area contributed by atoms with Crippen molar-refractivity contribution in [2.45, 2.75) is 45.3 Å². The molecule has 28 heavy (non-hydrogen) atoms. The fraction of sp³-hybridized carbons (Fsp3) is 0.400. The minimum atomic E-state index is -0.594. The number of imidazole rings is 1. The summed E-state index contributed by atoms with van der Waals surface area (Å²) in [7, 11) is 0. The van der Waals surface area contributed by atoms with Crippen LogP contribution >= 0.6 is 0 Å². The van der Waals surface area contributed by atoms with Gasteiger partial charge in [-0.1, -0.05) is 37.3 Å². The van der Waals surface area contributed by atoms with Gasteiger partial charge in [0.05, 0.1) is 12.6 Å². The van der Waals surface area contributed by atoms with Crippen molar-refractivity contribution in [3.05, 3.63) is 47.8 Å². The van der Waals surface area contributed by atoms with Crippen LogP contribution in [-0.2, 0) is 32.1 Å². The number of rotatable bonds is 8. The van der Waals surface area contributed by atoms with Crippen LogP contribution in [0.1, 0.15) is 37.4 Å². The topological polar surface area (TPSA) is 104 Å². The van der Waals surface area contributed by atoms with E-state index in [0.717, 1.165) is 17.7 Å². The van der Waals surface area contributed by atoms with Crippen LogP contribution in [0.4, 0.5) is 5.95 Å². The van der Waals surface area contributed by atoms with Gasteiger partial charge in [-0.25, -0.2) is 4.98 Å². The van der Waals surface area contributed by atoms with Crippen LogP contribution in [0.15, 0.2) is 36.5 Å². The maximum atomic E-state index is 12.9. The highest BCUT2D eigenvalue weighted by Crippen LogP contribution is 2.16. The van der Waals surface area contributed by atoms with E-state index in [1.165, 1.54) is 4.90 Å². The number of H-pyrrole nitrogens is 1. The molecule has 2 heterocycles. The lowest BCUT2D eigenvalue weighted by atomic mass is 10.2. The molecule has 1 aliphatic rings. The molecule has 0 bridgehead atoms. The number of hydrogen-bond donors (Lipinski definition) is 2. The number of carbonyl (C=O) groups excluding carboxylic acids is 3. The smallest absolute Gasteiger partial charge is 0.307 e. The Morgan fingerprint density at radius 3 is 2.71 bits per heavy atom. The molecule has 2 amide bonds. The van der Waals surface area contributed by atoms with Gasteiger partial charge in [0.15, 0.2) is 0 Å². The number of anilines is 1. The van der Waals surface area contributed by atoms with Gasteiger partial charge >= 0.3 is 5.97 Å². The highest BCUT2D eigenvalue weighted by Gasteiger charge is 2.32. The van der Waals surface area contributed by atoms with Crippen LogP contribution in [0, 0.1) is 0 Å². The first-order chi connectivity index (χ1) is 13.6. The van der Waals surface area contributed by atoms with Gasteiger partial charge in [0.2, 0.25) is 11.9 Å². The molecule has 1 aromatic carbocycles. The zero-order valence-corrected chi connectivity index (χ0v) is 15.8. The van der Waals surface area contributed by atoms with E-state index in [1.807, 2.05) is 37.3 Å². The van der Waals surface area contributed by atoms with Gasteiger partial charge in [-0.3, -0.25) is 19.3 Å². The second-order valence-electron chi connectivity index (χ2n) is 6.63. The van der Waals surface area contributed by atoms with Gasteiger partial charge in [0.1, 0.15) is 12.6 Å². The van der Waals surface area contributed by atoms with E-state index < -0.39 is 12.0 Å². The number of benzene rings is 1. The number of amides is 2. The number of nitrogens with zero attached hydrogens (tertiary/aromatic N) is 2. The number of aromatic amines is 1. The Kier molecular flexibility index (Phi) is 6.41. The van der Waals surface area contributed by atoms with Crippen molar-refractivity contribution >= 4 is 23.7 Å². The summed E-state index contributed by atoms with van der Waals surface area (Å²) in [5.74, 6) is -0.453. The molecule has 1 aliphatic heterocycles. The van der Waals surface area contributed by atoms with E-state index >= 15 is 0 Å². The van der Waals surface area contributed by atoms with Crippen molar-refractivity contribution in [3.63, 3.8) is 0 Å². The molecular weight excluding hydrogens is 360 g/mol. The lowest BCUT2D eigenvalue weighted by Crippen LogP contribution is -2.46. The minimum Gasteiger partial charge on any atom is -0.461 e. The Bertz CT molecular complexity index is 834. The van der Waals surface area contributed by atoms with Crippen molar-refractivity contribution in [2.24, 2.45) is 0 Å². The molecule has 0 radical (unpaired) electrons. The molecule has 0 unspecified atom stereocenters. The van der Waals surface area contributed by atoms with Crippen molar-refractivity contribution in [1.29, 1.82) is 0 Å². The molecule has 1 saturated heterocycles. The number of esters is 1. The molecule has 8 heteroatoms. The summed E-state index contributed by atoms with van der Waals surface area (Å²) in [6.07, 6.45) is 3.20. The highest BCUT2D eigenvalue weighted by atomic mass is 16.5. The second kappa shape index (κ2) is 9.16. The molecule has 0 saturated carbocycles. The number of carbonyl (C=O) groups is 3. The summed E-state index contributed by atoms with van der Waals surface area (Å²) in [4.78, 5) is 45.3. The van der Waals surface area contributed by atoms with E-state index in [2.05, 4.69) is 15.3 Å². The maximum absolute atomic E-state index is 12.9. The van der Waals surface area contributed by atoms with Crippen molar-refractivity contribution in [2.75, 3.05) is 11.4 Å². The van der Waals surface area contributed by atoms with Crippen LogP contribution < -0.4 is 10.2 Å². The molecular formula is C20H24N4O4. The standard InChI is InChI=1S/C20H24N4O4/c1-2-15-12-21-20(22-15)24(19(27)16-8-9-17(25)23-16)11-10-18(26)28-13-14-6-4-3-5-7-14/h3-7,12,16H,2,8-11,13H2,1H3,(H,21,22)(H,23,25)/t16-/m0/s1. The summed E-state index contributed by atoms with van der Waals surface area (Å²) >= 11 is 0. The zero-order valence-electron chi connectivity index (χ0n) is 15.8. The van der Waals surface area contributed by atoms with Gasteiger partial charge < -0.3 is 15.0 Å². The van der Waals surface area contributed by atoms with Crippen LogP contribution in [0.3, 0.4) is 0 Å². The lowest BCUT2D eigenvalue weighted by Gasteiger charge is -2.23. The minimum absolute atomic E-state index is 0.0292. The average Bonchev–Trinajstić information content (AvgIpc) is 3.36. The van der Waals surface area contributed by atoms with E-state index in [4.69, 9.17) is 4.74 Å². The maximum Gasteiger partial charge on any atom is 0.307 e. The molecule has 148 valence electrons. The Morgan fingerprint density at radius 2 is 2.07 bits per heavy atom. The van der Waals surface area contributed by atoms with E-state index in [9.17, 15) is 14.4 Å². The van der Waals surface area contributed by atoms with Crippen molar-refractivity contribution in [1.82, 2.24) is 15.3 Å². The Labute approximate surface area is 163 Å². The summed E-state index contributed by atoms with van der Waals surface area (Å²) < 4.78 is 5.29. The Morgan fingerprint density at radius 1 is 1.29 bits per heavy atom. The zero-order chi connectivity index (χ0) is 19.9. The van der Waals surface area contributed by atoms with Gasteiger partial charge in [-0.05, 0) is 18.4 Å². The molecule has 3 rings (SSSR count). The fourth-order valence-electron chi connectivity index (χ4n) is 2.99. The SMILES string of the molecule is CCc1cnc(N(CCC(=O)OCc2ccccc2)C(=O)[C@@H]2CCC(=O)N2)[nH]1. The van der Waals surface area contributed by atoms with Gasteiger partial charge in [-0.2, -0.15) is 0 Å². The lowest BCUT2D eigenvalue weighted by molar-refractivity contribution is -0.144. The van der Waals surface area contributed by atoms with Crippen molar-refractivity contribution < 1.29 is 19.1 Å². The van der Waals surface area contributed by atoms with Crippen LogP contribution in [0.25, 0.3) is 0 Å². The quantitative estimate of drug-likeness (QED) is 0.675. The van der Waals surface area contributed by atoms with Gasteiger partial charge in [0.25, 0.3) is 5.91 Å². The molecule has 8 nitrogen and oxygen atoms in total. The normalized spacial score (nSPS) is 15.9. The molecule has 2 N–H and O–H groups in total. The number of aromatic nitrogens is 2. The van der Waals surface area contributed by atoms with Crippen LogP contribution in [0.5, 0.6) is 0 Å². The molecule has 1 aromatic heterocycles. The Hall–Kier alpha value is -3.16. The fourth-order valence-corrected chi connectivity index (χ4v) is 2.99. The Balaban J connectivity index is 1.62. The summed E-state index contributed by atoms with van der Waals surface area (Å²) in [6, 6.07) is 8.80. The van der Waals surface area contributed by atoms with E-state index in [0.29, 0.717) is 18.8 Å². The first-order valence-corrected chi connectivity index (χ1v) is 9.41.